The van der Waals surface area contributed by atoms with Crippen LogP contribution in [0, 0.1) is 5.92 Å². The van der Waals surface area contributed by atoms with Crippen LogP contribution in [0.3, 0.4) is 0 Å². The molecule has 0 aromatic heterocycles. The Balaban J connectivity index is 1.72. The van der Waals surface area contributed by atoms with Crippen molar-refractivity contribution in [3.05, 3.63) is 65.2 Å². The molecular formula is C23H25NO4. The van der Waals surface area contributed by atoms with Crippen molar-refractivity contribution in [1.29, 1.82) is 0 Å². The Hall–Kier alpha value is -2.95. The summed E-state index contributed by atoms with van der Waals surface area (Å²) in [5.41, 5.74) is 3.54. The number of benzene rings is 2. The number of rotatable bonds is 6. The van der Waals surface area contributed by atoms with Crippen LogP contribution >= 0.6 is 0 Å². The molecule has 0 spiro atoms. The van der Waals surface area contributed by atoms with Crippen molar-refractivity contribution in [3.8, 4) is 11.5 Å². The first-order chi connectivity index (χ1) is 13.6. The number of hydrogen-bond donors (Lipinski definition) is 2. The lowest BCUT2D eigenvalue weighted by atomic mass is 9.76. The number of anilines is 1. The van der Waals surface area contributed by atoms with Crippen LogP contribution in [0.15, 0.2) is 48.6 Å². The molecule has 0 fully saturated rings. The molecule has 2 N–H and O–H groups in total. The van der Waals surface area contributed by atoms with E-state index >= 15 is 0 Å². The number of hydrogen-bond acceptors (Lipinski definition) is 4. The lowest BCUT2D eigenvalue weighted by molar-refractivity contribution is 0.0696. The number of carboxylic acid groups (broad SMARTS) is 1. The zero-order valence-corrected chi connectivity index (χ0v) is 16.1. The van der Waals surface area contributed by atoms with Gasteiger partial charge in [0, 0.05) is 11.6 Å². The second-order valence-corrected chi connectivity index (χ2v) is 7.15. The third-order valence-corrected chi connectivity index (χ3v) is 5.54. The molecule has 0 radical (unpaired) electrons. The summed E-state index contributed by atoms with van der Waals surface area (Å²) in [6, 6.07) is 11.6. The van der Waals surface area contributed by atoms with E-state index in [0.29, 0.717) is 24.7 Å². The van der Waals surface area contributed by atoms with Gasteiger partial charge in [0.1, 0.15) is 0 Å². The molecule has 0 unspecified atom stereocenters. The monoisotopic (exact) mass is 379 g/mol. The lowest BCUT2D eigenvalue weighted by Crippen LogP contribution is -2.29. The van der Waals surface area contributed by atoms with Crippen LogP contribution in [0.25, 0.3) is 0 Å². The zero-order valence-electron chi connectivity index (χ0n) is 16.1. The van der Waals surface area contributed by atoms with E-state index in [1.165, 1.54) is 0 Å². The van der Waals surface area contributed by atoms with E-state index in [9.17, 15) is 9.90 Å². The third-order valence-electron chi connectivity index (χ3n) is 5.54. The van der Waals surface area contributed by atoms with Crippen LogP contribution in [0.2, 0.25) is 0 Å². The molecule has 2 aliphatic rings. The number of aromatic carboxylic acids is 1. The van der Waals surface area contributed by atoms with Gasteiger partial charge in [-0.15, -0.1) is 0 Å². The summed E-state index contributed by atoms with van der Waals surface area (Å²) < 4.78 is 11.5. The largest absolute Gasteiger partial charge is 0.490 e. The quantitative estimate of drug-likeness (QED) is 0.691. The third kappa shape index (κ3) is 3.21. The van der Waals surface area contributed by atoms with Crippen LogP contribution in [0.1, 0.15) is 53.7 Å². The van der Waals surface area contributed by atoms with Gasteiger partial charge in [0.2, 0.25) is 0 Å². The zero-order chi connectivity index (χ0) is 19.7. The number of carboxylic acids is 1. The van der Waals surface area contributed by atoms with Crippen molar-refractivity contribution in [1.82, 2.24) is 0 Å². The molecule has 3 atom stereocenters. The van der Waals surface area contributed by atoms with Gasteiger partial charge in [-0.25, -0.2) is 4.79 Å². The second kappa shape index (κ2) is 7.58. The minimum absolute atomic E-state index is 0.123. The second-order valence-electron chi connectivity index (χ2n) is 7.15. The summed E-state index contributed by atoms with van der Waals surface area (Å²) in [5.74, 6) is 1.18. The van der Waals surface area contributed by atoms with Crippen molar-refractivity contribution in [2.24, 2.45) is 5.92 Å². The fourth-order valence-electron chi connectivity index (χ4n) is 4.32. The van der Waals surface area contributed by atoms with E-state index in [1.54, 1.807) is 12.1 Å². The summed E-state index contributed by atoms with van der Waals surface area (Å²) in [4.78, 5) is 11.4. The van der Waals surface area contributed by atoms with Crippen molar-refractivity contribution < 1.29 is 19.4 Å². The minimum atomic E-state index is -0.892. The highest BCUT2D eigenvalue weighted by Gasteiger charge is 2.38. The van der Waals surface area contributed by atoms with Crippen molar-refractivity contribution in [2.45, 2.75) is 32.2 Å². The van der Waals surface area contributed by atoms with Gasteiger partial charge in [-0.1, -0.05) is 18.2 Å². The Morgan fingerprint density at radius 2 is 1.89 bits per heavy atom. The van der Waals surface area contributed by atoms with Gasteiger partial charge in [-0.3, -0.25) is 0 Å². The normalized spacial score (nSPS) is 22.1. The topological polar surface area (TPSA) is 67.8 Å². The SMILES string of the molecule is CCOc1ccc([C@@H]2Nc3ccc(C(=O)O)cc3[C@@H]3C=CC[C@@H]32)cc1OCC. The first-order valence-corrected chi connectivity index (χ1v) is 9.82. The van der Waals surface area contributed by atoms with Crippen molar-refractivity contribution in [3.63, 3.8) is 0 Å². The molecule has 4 rings (SSSR count). The number of ether oxygens (including phenoxy) is 2. The molecule has 1 aliphatic heterocycles. The standard InChI is InChI=1S/C23H25NO4/c1-3-27-20-11-9-14(13-21(20)28-4-2)22-17-7-5-6-16(17)18-12-15(23(25)26)8-10-19(18)24-22/h5-6,8-13,16-17,22,24H,3-4,7H2,1-2H3,(H,25,26)/t16-,17+,22+/m1/s1. The summed E-state index contributed by atoms with van der Waals surface area (Å²) in [6.45, 7) is 5.10. The van der Waals surface area contributed by atoms with Gasteiger partial charge in [0.25, 0.3) is 0 Å². The van der Waals surface area contributed by atoms with Crippen molar-refractivity contribution in [2.75, 3.05) is 18.5 Å². The van der Waals surface area contributed by atoms with E-state index in [0.717, 1.165) is 34.7 Å². The molecular weight excluding hydrogens is 354 g/mol. The van der Waals surface area contributed by atoms with Gasteiger partial charge in [0.05, 0.1) is 24.8 Å². The molecule has 0 bridgehead atoms. The smallest absolute Gasteiger partial charge is 0.335 e. The Bertz CT molecular complexity index is 921. The van der Waals surface area contributed by atoms with Gasteiger partial charge in [-0.05, 0) is 67.6 Å². The predicted octanol–water partition coefficient (Wildman–Crippen LogP) is 5.01. The minimum Gasteiger partial charge on any atom is -0.490 e. The Kier molecular flexibility index (Phi) is 4.99. The maximum absolute atomic E-state index is 11.4. The predicted molar refractivity (Wildman–Crippen MR) is 109 cm³/mol. The summed E-state index contributed by atoms with van der Waals surface area (Å²) in [6.07, 6.45) is 5.36. The van der Waals surface area contributed by atoms with Crippen LogP contribution in [-0.4, -0.2) is 24.3 Å². The van der Waals surface area contributed by atoms with Gasteiger partial charge >= 0.3 is 5.97 Å². The Morgan fingerprint density at radius 1 is 1.11 bits per heavy atom. The maximum Gasteiger partial charge on any atom is 0.335 e. The Labute approximate surface area is 165 Å². The first kappa shape index (κ1) is 18.4. The molecule has 0 saturated heterocycles. The van der Waals surface area contributed by atoms with E-state index in [4.69, 9.17) is 9.47 Å². The molecule has 28 heavy (non-hydrogen) atoms. The summed E-state index contributed by atoms with van der Waals surface area (Å²) in [7, 11) is 0. The van der Waals surface area contributed by atoms with Gasteiger partial charge < -0.3 is 19.9 Å². The van der Waals surface area contributed by atoms with E-state index in [2.05, 4.69) is 29.6 Å². The van der Waals surface area contributed by atoms with Crippen LogP contribution < -0.4 is 14.8 Å². The highest BCUT2D eigenvalue weighted by molar-refractivity contribution is 5.89. The molecule has 0 saturated carbocycles. The first-order valence-electron chi connectivity index (χ1n) is 9.82. The molecule has 0 amide bonds. The van der Waals surface area contributed by atoms with Crippen LogP contribution in [0.5, 0.6) is 11.5 Å². The highest BCUT2D eigenvalue weighted by Crippen LogP contribution is 2.50. The number of carbonyl (C=O) groups is 1. The lowest BCUT2D eigenvalue weighted by Gasteiger charge is -2.37. The summed E-state index contributed by atoms with van der Waals surface area (Å²) >= 11 is 0. The Morgan fingerprint density at radius 3 is 2.64 bits per heavy atom. The molecule has 146 valence electrons. The number of fused-ring (bicyclic) bond motifs is 3. The molecule has 2 aromatic carbocycles. The van der Waals surface area contributed by atoms with Gasteiger partial charge in [-0.2, -0.15) is 0 Å². The fourth-order valence-corrected chi connectivity index (χ4v) is 4.32. The molecule has 5 nitrogen and oxygen atoms in total. The van der Waals surface area contributed by atoms with Crippen molar-refractivity contribution >= 4 is 11.7 Å². The average Bonchev–Trinajstić information content (AvgIpc) is 3.19. The molecule has 2 aromatic rings. The van der Waals surface area contributed by atoms with Gasteiger partial charge in [0.15, 0.2) is 11.5 Å². The molecule has 1 heterocycles. The van der Waals surface area contributed by atoms with E-state index in [-0.39, 0.29) is 12.0 Å². The van der Waals surface area contributed by atoms with Crippen LogP contribution in [-0.2, 0) is 0 Å². The highest BCUT2D eigenvalue weighted by atomic mass is 16.5. The number of nitrogens with one attached hydrogen (secondary N) is 1. The average molecular weight is 379 g/mol. The molecule has 5 heteroatoms. The van der Waals surface area contributed by atoms with E-state index in [1.807, 2.05) is 26.0 Å². The van der Waals surface area contributed by atoms with Crippen LogP contribution in [0.4, 0.5) is 5.69 Å². The molecule has 1 aliphatic carbocycles. The number of allylic oxidation sites excluding steroid dienone is 2. The maximum atomic E-state index is 11.4. The summed E-state index contributed by atoms with van der Waals surface area (Å²) in [5, 5.41) is 13.0. The fraction of sp³-hybridized carbons (Fsp3) is 0.348. The van der Waals surface area contributed by atoms with E-state index < -0.39 is 5.97 Å².